The Morgan fingerprint density at radius 2 is 1.75 bits per heavy atom. The van der Waals surface area contributed by atoms with Gasteiger partial charge < -0.3 is 39.6 Å². The van der Waals surface area contributed by atoms with E-state index >= 15 is 0 Å². The minimum Gasteiger partial charge on any atom is -0.395 e. The third-order valence-corrected chi connectivity index (χ3v) is 10.2. The Balaban J connectivity index is 1.17. The molecule has 14 nitrogen and oxygen atoms in total. The first-order chi connectivity index (χ1) is 24.3. The van der Waals surface area contributed by atoms with Crippen LogP contribution in [0.3, 0.4) is 0 Å². The molecule has 0 saturated carbocycles. The molecule has 1 atom stereocenters. The molecule has 5 aromatic rings. The summed E-state index contributed by atoms with van der Waals surface area (Å²) in [6.07, 6.45) is 10.2. The van der Waals surface area contributed by atoms with E-state index in [-0.39, 0.29) is 42.0 Å². The smallest absolute Gasteiger partial charge is 0.280 e. The number of anilines is 3. The molecule has 268 valence electrons. The highest BCUT2D eigenvalue weighted by Gasteiger charge is 2.38. The summed E-state index contributed by atoms with van der Waals surface area (Å²) in [6.45, 7) is 6.54. The molecule has 5 aromatic heterocycles. The largest absolute Gasteiger partial charge is 0.395 e. The second-order valence-corrected chi connectivity index (χ2v) is 14.6. The van der Waals surface area contributed by atoms with Crippen LogP contribution in [0.2, 0.25) is 0 Å². The number of hydrogen-bond acceptors (Lipinski definition) is 11. The minimum absolute atomic E-state index is 0.148. The van der Waals surface area contributed by atoms with Gasteiger partial charge in [0.25, 0.3) is 11.1 Å². The Morgan fingerprint density at radius 1 is 0.961 bits per heavy atom. The van der Waals surface area contributed by atoms with Crippen molar-refractivity contribution in [1.82, 2.24) is 28.4 Å². The average molecular weight is 697 g/mol. The lowest BCUT2D eigenvalue weighted by Crippen LogP contribution is -2.64. The van der Waals surface area contributed by atoms with Crippen molar-refractivity contribution in [1.29, 1.82) is 0 Å². The summed E-state index contributed by atoms with van der Waals surface area (Å²) < 4.78 is 4.87. The molecule has 2 aliphatic rings. The zero-order valence-electron chi connectivity index (χ0n) is 29.2. The van der Waals surface area contributed by atoms with E-state index in [1.165, 1.54) is 14.7 Å². The van der Waals surface area contributed by atoms with Gasteiger partial charge in [0.15, 0.2) is 0 Å². The molecule has 5 N–H and O–H groups in total. The Hall–Kier alpha value is -4.86. The van der Waals surface area contributed by atoms with Gasteiger partial charge in [-0.05, 0) is 66.6 Å². The van der Waals surface area contributed by atoms with Crippen molar-refractivity contribution in [3.05, 3.63) is 98.8 Å². The van der Waals surface area contributed by atoms with Gasteiger partial charge in [-0.15, -0.1) is 0 Å². The summed E-state index contributed by atoms with van der Waals surface area (Å²) in [7, 11) is 1.64. The summed E-state index contributed by atoms with van der Waals surface area (Å²) in [5, 5.41) is 44.2. The van der Waals surface area contributed by atoms with E-state index < -0.39 is 18.4 Å². The summed E-state index contributed by atoms with van der Waals surface area (Å²) in [5.41, 5.74) is 3.84. The Bertz CT molecular complexity index is 2220. The Kier molecular flexibility index (Phi) is 8.84. The van der Waals surface area contributed by atoms with Crippen LogP contribution in [0.15, 0.2) is 70.9 Å². The van der Waals surface area contributed by atoms with Gasteiger partial charge in [0.1, 0.15) is 28.6 Å². The van der Waals surface area contributed by atoms with E-state index in [1.807, 2.05) is 26.5 Å². The maximum atomic E-state index is 13.8. The number of pyridine rings is 3. The van der Waals surface area contributed by atoms with E-state index in [1.54, 1.807) is 63.0 Å². The quantitative estimate of drug-likeness (QED) is 0.152. The molecule has 0 spiro atoms. The number of hydrogen-bond donors (Lipinski definition) is 5. The number of nitrogens with one attached hydrogen (secondary N) is 1. The lowest BCUT2D eigenvalue weighted by Gasteiger charge is -2.48. The van der Waals surface area contributed by atoms with Gasteiger partial charge in [0.05, 0.1) is 37.7 Å². The molecule has 0 unspecified atom stereocenters. The van der Waals surface area contributed by atoms with Crippen molar-refractivity contribution >= 4 is 22.7 Å². The predicted molar refractivity (Wildman–Crippen MR) is 194 cm³/mol. The summed E-state index contributed by atoms with van der Waals surface area (Å²) in [6, 6.07) is 8.48. The predicted octanol–water partition coefficient (Wildman–Crippen LogP) is 1.79. The third-order valence-electron chi connectivity index (χ3n) is 10.2. The first-order valence-electron chi connectivity index (χ1n) is 17.1. The van der Waals surface area contributed by atoms with Crippen molar-refractivity contribution in [2.45, 2.75) is 52.0 Å². The molecule has 1 fully saturated rings. The average Bonchev–Trinajstić information content (AvgIpc) is 3.59. The fourth-order valence-electron chi connectivity index (χ4n) is 7.67. The van der Waals surface area contributed by atoms with Crippen LogP contribution in [0.5, 0.6) is 0 Å². The summed E-state index contributed by atoms with van der Waals surface area (Å²) in [4.78, 5) is 39.8. The maximum absolute atomic E-state index is 13.8. The van der Waals surface area contributed by atoms with Crippen molar-refractivity contribution in [2.75, 3.05) is 43.1 Å². The van der Waals surface area contributed by atoms with Crippen LogP contribution >= 0.6 is 0 Å². The zero-order valence-corrected chi connectivity index (χ0v) is 29.2. The van der Waals surface area contributed by atoms with Crippen LogP contribution in [0.4, 0.5) is 17.2 Å². The molecule has 0 bridgehead atoms. The van der Waals surface area contributed by atoms with E-state index in [4.69, 9.17) is 0 Å². The lowest BCUT2D eigenvalue weighted by molar-refractivity contribution is -0.0378. The van der Waals surface area contributed by atoms with Crippen LogP contribution in [0.25, 0.3) is 22.5 Å². The molecular formula is C37H44N8O6. The van der Waals surface area contributed by atoms with Gasteiger partial charge in [0, 0.05) is 68.3 Å². The van der Waals surface area contributed by atoms with Gasteiger partial charge in [-0.3, -0.25) is 19.1 Å². The number of aryl methyl sites for hydroxylation is 1. The van der Waals surface area contributed by atoms with Gasteiger partial charge in [-0.1, -0.05) is 13.8 Å². The summed E-state index contributed by atoms with van der Waals surface area (Å²) >= 11 is 0. The lowest BCUT2D eigenvalue weighted by atomic mass is 9.90. The molecule has 1 aliphatic carbocycles. The monoisotopic (exact) mass is 696 g/mol. The highest BCUT2D eigenvalue weighted by atomic mass is 16.3. The molecule has 0 aromatic carbocycles. The van der Waals surface area contributed by atoms with E-state index in [2.05, 4.69) is 29.1 Å². The molecule has 7 rings (SSSR count). The van der Waals surface area contributed by atoms with Crippen LogP contribution < -0.4 is 21.3 Å². The number of nitrogens with zero attached hydrogens (tertiary/aromatic N) is 7. The van der Waals surface area contributed by atoms with Crippen molar-refractivity contribution in [2.24, 2.45) is 12.5 Å². The topological polar surface area (TPSA) is 174 Å². The van der Waals surface area contributed by atoms with E-state index in [0.29, 0.717) is 52.6 Å². The number of aromatic nitrogens is 5. The van der Waals surface area contributed by atoms with Crippen LogP contribution in [0, 0.1) is 5.41 Å². The molecule has 1 saturated heterocycles. The van der Waals surface area contributed by atoms with Crippen LogP contribution in [0.1, 0.15) is 37.6 Å². The van der Waals surface area contributed by atoms with Crippen molar-refractivity contribution < 1.29 is 20.4 Å². The molecule has 1 aliphatic heterocycles. The standard InChI is InChI=1S/C37H44N8O6/c1-36(2)15-23-14-30-35(50)44(11-10-43(30)31(23)16-36)33-28(21-48)27(7-8-38-33)24-13-29(34(49)41(4)18-24)40-32-6-5-25(17-39-32)45-12-9-42(22-37(45,3)51)26(19-46)20-47/h5-8,10-11,13-14,17-18,26,46-48,51H,9,12,15-16,19-22H2,1-4H3,(H,39,40)/t37-/m0/s1. The van der Waals surface area contributed by atoms with Crippen molar-refractivity contribution in [3.63, 3.8) is 0 Å². The first-order valence-corrected chi connectivity index (χ1v) is 17.1. The number of fused-ring (bicyclic) bond motifs is 3. The van der Waals surface area contributed by atoms with Crippen LogP contribution in [-0.4, -0.2) is 93.4 Å². The van der Waals surface area contributed by atoms with E-state index in [0.717, 1.165) is 18.5 Å². The first kappa shape index (κ1) is 34.6. The van der Waals surface area contributed by atoms with Crippen molar-refractivity contribution in [3.8, 4) is 16.9 Å². The molecule has 0 amide bonds. The third kappa shape index (κ3) is 6.23. The second kappa shape index (κ2) is 13.0. The molecule has 14 heteroatoms. The molecule has 0 radical (unpaired) electrons. The van der Waals surface area contributed by atoms with Gasteiger partial charge >= 0.3 is 0 Å². The van der Waals surface area contributed by atoms with Gasteiger partial charge in [0.2, 0.25) is 0 Å². The fraction of sp³-hybridized carbons (Fsp3) is 0.405. The fourth-order valence-corrected chi connectivity index (χ4v) is 7.67. The Morgan fingerprint density at radius 3 is 2.43 bits per heavy atom. The zero-order chi connectivity index (χ0) is 36.2. The molecule has 51 heavy (non-hydrogen) atoms. The highest BCUT2D eigenvalue weighted by molar-refractivity contribution is 5.73. The number of β-amino-alcohol motifs (C(OH)–C–C–N with tert-alkyl or cyclic N) is 1. The maximum Gasteiger partial charge on any atom is 0.280 e. The Labute approximate surface area is 294 Å². The number of aliphatic hydroxyl groups is 4. The number of rotatable bonds is 9. The van der Waals surface area contributed by atoms with Gasteiger partial charge in [-0.2, -0.15) is 0 Å². The van der Waals surface area contributed by atoms with Crippen LogP contribution in [-0.2, 0) is 26.5 Å². The number of piperazine rings is 1. The van der Waals surface area contributed by atoms with Gasteiger partial charge in [-0.25, -0.2) is 9.97 Å². The van der Waals surface area contributed by atoms with E-state index in [9.17, 15) is 30.0 Å². The molecular weight excluding hydrogens is 652 g/mol. The highest BCUT2D eigenvalue weighted by Crippen LogP contribution is 2.37. The SMILES string of the molecule is Cn1cc(-c2ccnc(-n3ccn4c5c(cc4c3=O)CC(C)(C)C5)c2CO)cc(Nc2ccc(N3CCN(C(CO)CO)C[C@]3(C)O)cn2)c1=O. The second-order valence-electron chi connectivity index (χ2n) is 14.6. The molecule has 6 heterocycles. The summed E-state index contributed by atoms with van der Waals surface area (Å²) in [5.74, 6) is 0.719. The minimum atomic E-state index is -1.27. The number of aliphatic hydroxyl groups excluding tert-OH is 3. The normalized spacial score (nSPS) is 18.9.